The van der Waals surface area contributed by atoms with E-state index in [9.17, 15) is 4.79 Å². The summed E-state index contributed by atoms with van der Waals surface area (Å²) in [6.07, 6.45) is 7.36. The van der Waals surface area contributed by atoms with E-state index >= 15 is 0 Å². The van der Waals surface area contributed by atoms with Gasteiger partial charge in [-0.1, -0.05) is 38.8 Å². The molecule has 3 heteroatoms. The minimum Gasteiger partial charge on any atom is -0.338 e. The van der Waals surface area contributed by atoms with Crippen molar-refractivity contribution in [2.45, 2.75) is 58.3 Å². The van der Waals surface area contributed by atoms with Gasteiger partial charge in [-0.25, -0.2) is 4.79 Å². The van der Waals surface area contributed by atoms with E-state index in [4.69, 9.17) is 0 Å². The zero-order valence-corrected chi connectivity index (χ0v) is 13.3. The Bertz CT molecular complexity index is 454. The highest BCUT2D eigenvalue weighted by Crippen LogP contribution is 2.27. The van der Waals surface area contributed by atoms with Crippen molar-refractivity contribution < 1.29 is 4.79 Å². The van der Waals surface area contributed by atoms with Gasteiger partial charge in [-0.3, -0.25) is 0 Å². The molecule has 1 fully saturated rings. The first-order valence-corrected chi connectivity index (χ1v) is 8.37. The number of amides is 2. The number of hydrogen-bond donors (Lipinski definition) is 2. The Morgan fingerprint density at radius 1 is 1.33 bits per heavy atom. The second-order valence-corrected chi connectivity index (χ2v) is 6.15. The highest BCUT2D eigenvalue weighted by Gasteiger charge is 2.17. The number of nitrogens with one attached hydrogen (secondary N) is 2. The molecule has 21 heavy (non-hydrogen) atoms. The van der Waals surface area contributed by atoms with Crippen LogP contribution < -0.4 is 10.6 Å². The molecule has 1 aromatic carbocycles. The molecular formula is C18H28N2O. The van der Waals surface area contributed by atoms with Gasteiger partial charge < -0.3 is 10.6 Å². The summed E-state index contributed by atoms with van der Waals surface area (Å²) in [6, 6.07) is 8.21. The fourth-order valence-electron chi connectivity index (χ4n) is 2.93. The zero-order chi connectivity index (χ0) is 15.1. The minimum atomic E-state index is -0.0809. The molecule has 0 heterocycles. The van der Waals surface area contributed by atoms with E-state index in [1.807, 2.05) is 12.1 Å². The average Bonchev–Trinajstić information content (AvgIpc) is 2.43. The average molecular weight is 288 g/mol. The summed E-state index contributed by atoms with van der Waals surface area (Å²) in [5.74, 6) is 1.28. The standard InChI is InChI=1S/C18H28N2O/c1-3-7-15(4-2)16-10-6-11-17(12-16)20-18(21)19-13-14-8-5-9-14/h6,10-12,14-15H,3-5,7-9,13H2,1-2H3,(H2,19,20,21). The van der Waals surface area contributed by atoms with Gasteiger partial charge in [0.1, 0.15) is 0 Å². The van der Waals surface area contributed by atoms with Crippen LogP contribution in [-0.2, 0) is 0 Å². The predicted octanol–water partition coefficient (Wildman–Crippen LogP) is 4.90. The highest BCUT2D eigenvalue weighted by molar-refractivity contribution is 5.89. The van der Waals surface area contributed by atoms with Gasteiger partial charge in [-0.15, -0.1) is 0 Å². The van der Waals surface area contributed by atoms with Crippen molar-refractivity contribution in [2.24, 2.45) is 5.92 Å². The van der Waals surface area contributed by atoms with Crippen LogP contribution in [-0.4, -0.2) is 12.6 Å². The molecule has 0 bridgehead atoms. The molecule has 0 aromatic heterocycles. The summed E-state index contributed by atoms with van der Waals surface area (Å²) < 4.78 is 0. The molecule has 3 nitrogen and oxygen atoms in total. The second kappa shape index (κ2) is 8.06. The van der Waals surface area contributed by atoms with Crippen LogP contribution in [0.5, 0.6) is 0 Å². The first-order chi connectivity index (χ1) is 10.2. The lowest BCUT2D eigenvalue weighted by Gasteiger charge is -2.25. The maximum atomic E-state index is 11.9. The van der Waals surface area contributed by atoms with Gasteiger partial charge in [0.25, 0.3) is 0 Å². The molecular weight excluding hydrogens is 260 g/mol. The second-order valence-electron chi connectivity index (χ2n) is 6.15. The number of benzene rings is 1. The summed E-state index contributed by atoms with van der Waals surface area (Å²) in [5, 5.41) is 5.93. The van der Waals surface area contributed by atoms with E-state index in [2.05, 4.69) is 36.6 Å². The lowest BCUT2D eigenvalue weighted by molar-refractivity contribution is 0.243. The van der Waals surface area contributed by atoms with E-state index in [-0.39, 0.29) is 6.03 Å². The van der Waals surface area contributed by atoms with Crippen LogP contribution in [0.25, 0.3) is 0 Å². The minimum absolute atomic E-state index is 0.0809. The van der Waals surface area contributed by atoms with Gasteiger partial charge in [-0.2, -0.15) is 0 Å². The number of rotatable bonds is 7. The summed E-state index contributed by atoms with van der Waals surface area (Å²) >= 11 is 0. The van der Waals surface area contributed by atoms with Crippen LogP contribution in [0.4, 0.5) is 10.5 Å². The van der Waals surface area contributed by atoms with Gasteiger partial charge in [0.15, 0.2) is 0 Å². The topological polar surface area (TPSA) is 41.1 Å². The number of anilines is 1. The Hall–Kier alpha value is -1.51. The van der Waals surface area contributed by atoms with Crippen molar-refractivity contribution in [3.63, 3.8) is 0 Å². The van der Waals surface area contributed by atoms with Crippen LogP contribution in [0, 0.1) is 5.92 Å². The van der Waals surface area contributed by atoms with Crippen molar-refractivity contribution in [2.75, 3.05) is 11.9 Å². The van der Waals surface area contributed by atoms with Crippen LogP contribution in [0.3, 0.4) is 0 Å². The third-order valence-electron chi connectivity index (χ3n) is 4.52. The molecule has 1 aliphatic carbocycles. The Labute approximate surface area is 128 Å². The van der Waals surface area contributed by atoms with E-state index in [1.165, 1.54) is 37.7 Å². The molecule has 0 radical (unpaired) electrons. The lowest BCUT2D eigenvalue weighted by Crippen LogP contribution is -2.35. The normalized spacial score (nSPS) is 16.1. The van der Waals surface area contributed by atoms with E-state index in [0.717, 1.165) is 18.7 Å². The zero-order valence-electron chi connectivity index (χ0n) is 13.3. The Balaban J connectivity index is 1.88. The summed E-state index contributed by atoms with van der Waals surface area (Å²) in [5.41, 5.74) is 2.23. The molecule has 0 spiro atoms. The molecule has 0 saturated heterocycles. The summed E-state index contributed by atoms with van der Waals surface area (Å²) in [4.78, 5) is 11.9. The first-order valence-electron chi connectivity index (χ1n) is 8.37. The van der Waals surface area contributed by atoms with Gasteiger partial charge >= 0.3 is 6.03 Å². The van der Waals surface area contributed by atoms with Crippen molar-refractivity contribution in [3.05, 3.63) is 29.8 Å². The molecule has 2 N–H and O–H groups in total. The van der Waals surface area contributed by atoms with Crippen LogP contribution >= 0.6 is 0 Å². The number of carbonyl (C=O) groups excluding carboxylic acids is 1. The predicted molar refractivity (Wildman–Crippen MR) is 88.7 cm³/mol. The number of urea groups is 1. The number of carbonyl (C=O) groups is 1. The summed E-state index contributed by atoms with van der Waals surface area (Å²) in [6.45, 7) is 5.25. The van der Waals surface area contributed by atoms with Crippen LogP contribution in [0.15, 0.2) is 24.3 Å². The SMILES string of the molecule is CCCC(CC)c1cccc(NC(=O)NCC2CCC2)c1. The third kappa shape index (κ3) is 4.76. The molecule has 1 saturated carbocycles. The Morgan fingerprint density at radius 3 is 2.76 bits per heavy atom. The van der Waals surface area contributed by atoms with E-state index in [1.54, 1.807) is 0 Å². The van der Waals surface area contributed by atoms with Gasteiger partial charge in [-0.05, 0) is 55.2 Å². The largest absolute Gasteiger partial charge is 0.338 e. The van der Waals surface area contributed by atoms with Crippen molar-refractivity contribution in [1.82, 2.24) is 5.32 Å². The number of hydrogen-bond acceptors (Lipinski definition) is 1. The third-order valence-corrected chi connectivity index (χ3v) is 4.52. The molecule has 2 rings (SSSR count). The van der Waals surface area contributed by atoms with Gasteiger partial charge in [0, 0.05) is 12.2 Å². The Morgan fingerprint density at radius 2 is 2.14 bits per heavy atom. The van der Waals surface area contributed by atoms with E-state index < -0.39 is 0 Å². The lowest BCUT2D eigenvalue weighted by atomic mass is 9.85. The van der Waals surface area contributed by atoms with Gasteiger partial charge in [0.2, 0.25) is 0 Å². The highest BCUT2D eigenvalue weighted by atomic mass is 16.2. The fourth-order valence-corrected chi connectivity index (χ4v) is 2.93. The maximum absolute atomic E-state index is 11.9. The van der Waals surface area contributed by atoms with Crippen molar-refractivity contribution in [3.8, 4) is 0 Å². The van der Waals surface area contributed by atoms with E-state index in [0.29, 0.717) is 11.8 Å². The Kier molecular flexibility index (Phi) is 6.09. The molecule has 1 unspecified atom stereocenters. The molecule has 1 aromatic rings. The molecule has 116 valence electrons. The molecule has 2 amide bonds. The maximum Gasteiger partial charge on any atom is 0.319 e. The fraction of sp³-hybridized carbons (Fsp3) is 0.611. The summed E-state index contributed by atoms with van der Waals surface area (Å²) in [7, 11) is 0. The van der Waals surface area contributed by atoms with Crippen LogP contribution in [0.1, 0.15) is 63.9 Å². The molecule has 0 aliphatic heterocycles. The van der Waals surface area contributed by atoms with Crippen LogP contribution in [0.2, 0.25) is 0 Å². The smallest absolute Gasteiger partial charge is 0.319 e. The quantitative estimate of drug-likeness (QED) is 0.736. The first kappa shape index (κ1) is 15.9. The van der Waals surface area contributed by atoms with Crippen molar-refractivity contribution in [1.29, 1.82) is 0 Å². The molecule has 1 aliphatic rings. The monoisotopic (exact) mass is 288 g/mol. The van der Waals surface area contributed by atoms with Crippen molar-refractivity contribution >= 4 is 11.7 Å². The molecule has 1 atom stereocenters. The van der Waals surface area contributed by atoms with Gasteiger partial charge in [0.05, 0.1) is 0 Å².